The Bertz CT molecular complexity index is 375. The fraction of sp³-hybridized carbons (Fsp3) is 0.455. The molecule has 6 heteroatoms. The lowest BCUT2D eigenvalue weighted by Gasteiger charge is -2.14. The van der Waals surface area contributed by atoms with Gasteiger partial charge in [0.2, 0.25) is 0 Å². The third-order valence-corrected chi connectivity index (χ3v) is 2.06. The smallest absolute Gasteiger partial charge is 0.422 e. The van der Waals surface area contributed by atoms with E-state index in [1.165, 1.54) is 25.3 Å². The Hall–Kier alpha value is -1.43. The predicted octanol–water partition coefficient (Wildman–Crippen LogP) is 2.69. The highest BCUT2D eigenvalue weighted by molar-refractivity contribution is 5.43. The van der Waals surface area contributed by atoms with Gasteiger partial charge in [0.25, 0.3) is 0 Å². The van der Waals surface area contributed by atoms with E-state index < -0.39 is 18.9 Å². The van der Waals surface area contributed by atoms with Crippen LogP contribution in [0.5, 0.6) is 11.5 Å². The van der Waals surface area contributed by atoms with Crippen LogP contribution in [0.1, 0.15) is 18.6 Å². The molecule has 0 heterocycles. The number of hydrogen-bond acceptors (Lipinski definition) is 3. The van der Waals surface area contributed by atoms with E-state index in [0.29, 0.717) is 5.56 Å². The van der Waals surface area contributed by atoms with Crippen LogP contribution in [0.3, 0.4) is 0 Å². The summed E-state index contributed by atoms with van der Waals surface area (Å²) >= 11 is 0. The number of rotatable bonds is 4. The molecule has 3 nitrogen and oxygen atoms in total. The molecule has 1 aromatic carbocycles. The topological polar surface area (TPSA) is 38.7 Å². The number of ether oxygens (including phenoxy) is 2. The van der Waals surface area contributed by atoms with Gasteiger partial charge in [-0.1, -0.05) is 6.07 Å². The largest absolute Gasteiger partial charge is 0.493 e. The maximum atomic E-state index is 12.0. The van der Waals surface area contributed by atoms with Crippen LogP contribution in [0.4, 0.5) is 13.2 Å². The SMILES string of the molecule is COc1cc([C@@H](C)O)ccc1OCC(F)(F)F. The Morgan fingerprint density at radius 2 is 1.94 bits per heavy atom. The highest BCUT2D eigenvalue weighted by Crippen LogP contribution is 2.31. The van der Waals surface area contributed by atoms with Gasteiger partial charge in [-0.15, -0.1) is 0 Å². The Morgan fingerprint density at radius 3 is 2.41 bits per heavy atom. The van der Waals surface area contributed by atoms with Crippen molar-refractivity contribution in [1.82, 2.24) is 0 Å². The molecule has 17 heavy (non-hydrogen) atoms. The maximum absolute atomic E-state index is 12.0. The van der Waals surface area contributed by atoms with Crippen LogP contribution in [-0.2, 0) is 0 Å². The molecule has 1 aromatic rings. The molecule has 0 saturated carbocycles. The Kier molecular flexibility index (Phi) is 4.22. The molecular weight excluding hydrogens is 237 g/mol. The summed E-state index contributed by atoms with van der Waals surface area (Å²) in [6.45, 7) is 0.169. The van der Waals surface area contributed by atoms with Gasteiger partial charge >= 0.3 is 6.18 Å². The molecule has 0 amide bonds. The molecule has 0 unspecified atom stereocenters. The van der Waals surface area contributed by atoms with Gasteiger partial charge in [-0.05, 0) is 24.6 Å². The predicted molar refractivity (Wildman–Crippen MR) is 55.2 cm³/mol. The van der Waals surface area contributed by atoms with E-state index in [0.717, 1.165) is 0 Å². The summed E-state index contributed by atoms with van der Waals surface area (Å²) in [7, 11) is 1.32. The van der Waals surface area contributed by atoms with E-state index in [9.17, 15) is 18.3 Å². The first-order chi connectivity index (χ1) is 7.83. The summed E-state index contributed by atoms with van der Waals surface area (Å²) < 4.78 is 45.4. The highest BCUT2D eigenvalue weighted by Gasteiger charge is 2.29. The van der Waals surface area contributed by atoms with Crippen LogP contribution < -0.4 is 9.47 Å². The molecular formula is C11H13F3O3. The third-order valence-electron chi connectivity index (χ3n) is 2.06. The van der Waals surface area contributed by atoms with Crippen LogP contribution in [0, 0.1) is 0 Å². The van der Waals surface area contributed by atoms with Crippen molar-refractivity contribution in [2.45, 2.75) is 19.2 Å². The summed E-state index contributed by atoms with van der Waals surface area (Å²) in [6, 6.07) is 4.27. The van der Waals surface area contributed by atoms with Crippen molar-refractivity contribution in [2.75, 3.05) is 13.7 Å². The number of aliphatic hydroxyl groups is 1. The van der Waals surface area contributed by atoms with E-state index in [1.807, 2.05) is 0 Å². The van der Waals surface area contributed by atoms with Crippen LogP contribution in [0.25, 0.3) is 0 Å². The zero-order valence-electron chi connectivity index (χ0n) is 9.41. The standard InChI is InChI=1S/C11H13F3O3/c1-7(15)8-3-4-9(10(5-8)16-2)17-6-11(12,13)14/h3-5,7,15H,6H2,1-2H3/t7-/m1/s1. The van der Waals surface area contributed by atoms with E-state index in [1.54, 1.807) is 6.92 Å². The minimum atomic E-state index is -4.39. The Morgan fingerprint density at radius 1 is 1.29 bits per heavy atom. The molecule has 0 radical (unpaired) electrons. The molecule has 0 aliphatic rings. The molecule has 0 aliphatic carbocycles. The molecule has 1 rings (SSSR count). The fourth-order valence-corrected chi connectivity index (χ4v) is 1.22. The summed E-state index contributed by atoms with van der Waals surface area (Å²) in [5, 5.41) is 9.32. The second-order valence-corrected chi connectivity index (χ2v) is 3.49. The molecule has 0 aliphatic heterocycles. The molecule has 1 atom stereocenters. The zero-order chi connectivity index (χ0) is 13.1. The second kappa shape index (κ2) is 5.27. The number of hydrogen-bond donors (Lipinski definition) is 1. The first kappa shape index (κ1) is 13.6. The van der Waals surface area contributed by atoms with Crippen molar-refractivity contribution < 1.29 is 27.8 Å². The molecule has 0 fully saturated rings. The van der Waals surface area contributed by atoms with Crippen molar-refractivity contribution in [2.24, 2.45) is 0 Å². The van der Waals surface area contributed by atoms with Gasteiger partial charge in [0.15, 0.2) is 18.1 Å². The van der Waals surface area contributed by atoms with Crippen molar-refractivity contribution in [3.63, 3.8) is 0 Å². The second-order valence-electron chi connectivity index (χ2n) is 3.49. The molecule has 0 saturated heterocycles. The number of methoxy groups -OCH3 is 1. The quantitative estimate of drug-likeness (QED) is 0.892. The molecule has 96 valence electrons. The van der Waals surface area contributed by atoms with Crippen LogP contribution in [-0.4, -0.2) is 25.0 Å². The van der Waals surface area contributed by atoms with Gasteiger partial charge in [-0.25, -0.2) is 0 Å². The molecule has 0 spiro atoms. The van der Waals surface area contributed by atoms with Gasteiger partial charge in [-0.2, -0.15) is 13.2 Å². The van der Waals surface area contributed by atoms with Crippen molar-refractivity contribution in [3.05, 3.63) is 23.8 Å². The Labute approximate surface area is 96.8 Å². The van der Waals surface area contributed by atoms with E-state index in [4.69, 9.17) is 4.74 Å². The number of benzene rings is 1. The van der Waals surface area contributed by atoms with Crippen LogP contribution >= 0.6 is 0 Å². The number of alkyl halides is 3. The summed E-state index contributed by atoms with van der Waals surface area (Å²) in [5.74, 6) is 0.155. The maximum Gasteiger partial charge on any atom is 0.422 e. The Balaban J connectivity index is 2.86. The van der Waals surface area contributed by atoms with Gasteiger partial charge < -0.3 is 14.6 Å². The van der Waals surface area contributed by atoms with Crippen LogP contribution in [0.2, 0.25) is 0 Å². The van der Waals surface area contributed by atoms with E-state index >= 15 is 0 Å². The lowest BCUT2D eigenvalue weighted by molar-refractivity contribution is -0.153. The van der Waals surface area contributed by atoms with Gasteiger partial charge in [0.1, 0.15) is 0 Å². The zero-order valence-corrected chi connectivity index (χ0v) is 9.41. The number of halogens is 3. The minimum Gasteiger partial charge on any atom is -0.493 e. The molecule has 0 aromatic heterocycles. The molecule has 0 bridgehead atoms. The minimum absolute atomic E-state index is 0.00535. The van der Waals surface area contributed by atoms with Crippen molar-refractivity contribution in [1.29, 1.82) is 0 Å². The van der Waals surface area contributed by atoms with Crippen molar-refractivity contribution in [3.8, 4) is 11.5 Å². The number of aliphatic hydroxyl groups excluding tert-OH is 1. The van der Waals surface area contributed by atoms with Crippen LogP contribution in [0.15, 0.2) is 18.2 Å². The first-order valence-corrected chi connectivity index (χ1v) is 4.89. The van der Waals surface area contributed by atoms with Gasteiger partial charge in [0.05, 0.1) is 13.2 Å². The molecule has 1 N–H and O–H groups in total. The summed E-state index contributed by atoms with van der Waals surface area (Å²) in [5.41, 5.74) is 0.543. The van der Waals surface area contributed by atoms with Crippen molar-refractivity contribution >= 4 is 0 Å². The van der Waals surface area contributed by atoms with E-state index in [-0.39, 0.29) is 11.5 Å². The normalized spacial score (nSPS) is 13.3. The van der Waals surface area contributed by atoms with Gasteiger partial charge in [-0.3, -0.25) is 0 Å². The average Bonchev–Trinajstić information content (AvgIpc) is 2.24. The highest BCUT2D eigenvalue weighted by atomic mass is 19.4. The lowest BCUT2D eigenvalue weighted by atomic mass is 10.1. The summed E-state index contributed by atoms with van der Waals surface area (Å²) in [6.07, 6.45) is -5.12. The third kappa shape index (κ3) is 4.14. The first-order valence-electron chi connectivity index (χ1n) is 4.89. The monoisotopic (exact) mass is 250 g/mol. The van der Waals surface area contributed by atoms with Gasteiger partial charge in [0, 0.05) is 0 Å². The fourth-order valence-electron chi connectivity index (χ4n) is 1.22. The van der Waals surface area contributed by atoms with E-state index in [2.05, 4.69) is 4.74 Å². The average molecular weight is 250 g/mol. The summed E-state index contributed by atoms with van der Waals surface area (Å²) in [4.78, 5) is 0. The lowest BCUT2D eigenvalue weighted by Crippen LogP contribution is -2.19.